The molecule has 0 saturated carbocycles. The average molecular weight is 218 g/mol. The summed E-state index contributed by atoms with van der Waals surface area (Å²) in [5, 5.41) is 0. The topological polar surface area (TPSA) is 29.0 Å². The van der Waals surface area contributed by atoms with Gasteiger partial charge in [0.05, 0.1) is 0 Å². The van der Waals surface area contributed by atoms with Crippen LogP contribution in [-0.4, -0.2) is 21.9 Å². The highest BCUT2D eigenvalue weighted by atomic mass is 35.5. The second-order valence-corrected chi connectivity index (χ2v) is 4.72. The van der Waals surface area contributed by atoms with E-state index in [4.69, 9.17) is 11.6 Å². The summed E-state index contributed by atoms with van der Waals surface area (Å²) in [5.41, 5.74) is 0. The van der Waals surface area contributed by atoms with E-state index in [9.17, 15) is 0 Å². The lowest BCUT2D eigenvalue weighted by Crippen LogP contribution is -2.38. The van der Waals surface area contributed by atoms with Gasteiger partial charge in [0, 0.05) is 24.1 Å². The summed E-state index contributed by atoms with van der Waals surface area (Å²) in [6.45, 7) is 3.28. The third kappa shape index (κ3) is 1.94. The van der Waals surface area contributed by atoms with Crippen LogP contribution >= 0.6 is 23.1 Å². The van der Waals surface area contributed by atoms with E-state index in [0.29, 0.717) is 10.5 Å². The highest BCUT2D eigenvalue weighted by Gasteiger charge is 2.21. The van der Waals surface area contributed by atoms with Gasteiger partial charge in [0.1, 0.15) is 0 Å². The van der Waals surface area contributed by atoms with Crippen LogP contribution in [0.25, 0.3) is 0 Å². The zero-order chi connectivity index (χ0) is 9.26. The number of hydrogen-bond acceptors (Lipinski definition) is 4. The Morgan fingerprint density at radius 2 is 2.38 bits per heavy atom. The molecule has 1 atom stereocenters. The van der Waals surface area contributed by atoms with Crippen molar-refractivity contribution in [2.45, 2.75) is 32.2 Å². The molecule has 5 heteroatoms. The van der Waals surface area contributed by atoms with E-state index in [2.05, 4.69) is 21.2 Å². The molecule has 2 heterocycles. The van der Waals surface area contributed by atoms with Gasteiger partial charge in [0.15, 0.2) is 0 Å². The van der Waals surface area contributed by atoms with Crippen LogP contribution in [0.3, 0.4) is 0 Å². The number of aromatic nitrogens is 2. The summed E-state index contributed by atoms with van der Waals surface area (Å²) in [4.78, 5) is 6.43. The summed E-state index contributed by atoms with van der Waals surface area (Å²) >= 11 is 7.01. The number of halogens is 1. The molecule has 0 aromatic carbocycles. The highest BCUT2D eigenvalue weighted by molar-refractivity contribution is 7.10. The van der Waals surface area contributed by atoms with Crippen LogP contribution in [0.1, 0.15) is 26.2 Å². The predicted molar refractivity (Wildman–Crippen MR) is 55.6 cm³/mol. The molecule has 1 aromatic rings. The maximum atomic E-state index is 5.75. The van der Waals surface area contributed by atoms with E-state index in [-0.39, 0.29) is 0 Å². The third-order valence-electron chi connectivity index (χ3n) is 2.45. The smallest absolute Gasteiger partial charge is 0.238 e. The summed E-state index contributed by atoms with van der Waals surface area (Å²) < 4.78 is 4.75. The van der Waals surface area contributed by atoms with Crippen molar-refractivity contribution < 1.29 is 0 Å². The van der Waals surface area contributed by atoms with Crippen LogP contribution in [0.2, 0.25) is 4.47 Å². The Labute approximate surface area is 86.9 Å². The van der Waals surface area contributed by atoms with Crippen molar-refractivity contribution >= 4 is 29.1 Å². The van der Waals surface area contributed by atoms with Gasteiger partial charge in [-0.3, -0.25) is 0 Å². The lowest BCUT2D eigenvalue weighted by atomic mass is 10.0. The Hall–Kier alpha value is -0.350. The van der Waals surface area contributed by atoms with Crippen molar-refractivity contribution in [3.63, 3.8) is 0 Å². The van der Waals surface area contributed by atoms with Crippen LogP contribution in [0, 0.1) is 0 Å². The van der Waals surface area contributed by atoms with Gasteiger partial charge in [-0.2, -0.15) is 9.36 Å². The molecular formula is C8H12ClN3S. The lowest BCUT2D eigenvalue weighted by Gasteiger charge is -2.32. The number of anilines is 1. The molecule has 72 valence electrons. The first kappa shape index (κ1) is 9.21. The molecule has 1 saturated heterocycles. The van der Waals surface area contributed by atoms with Crippen molar-refractivity contribution in [1.82, 2.24) is 9.36 Å². The van der Waals surface area contributed by atoms with Gasteiger partial charge in [0.2, 0.25) is 10.4 Å². The maximum Gasteiger partial charge on any atom is 0.238 e. The van der Waals surface area contributed by atoms with E-state index in [0.717, 1.165) is 12.5 Å². The third-order valence-corrected chi connectivity index (χ3v) is 3.24. The van der Waals surface area contributed by atoms with Crippen LogP contribution in [-0.2, 0) is 0 Å². The Kier molecular flexibility index (Phi) is 2.69. The minimum Gasteiger partial charge on any atom is -0.337 e. The molecule has 1 aliphatic heterocycles. The van der Waals surface area contributed by atoms with Gasteiger partial charge < -0.3 is 4.90 Å². The Morgan fingerprint density at radius 3 is 3.00 bits per heavy atom. The zero-order valence-corrected chi connectivity index (χ0v) is 9.11. The molecule has 13 heavy (non-hydrogen) atoms. The van der Waals surface area contributed by atoms with E-state index >= 15 is 0 Å². The van der Waals surface area contributed by atoms with Crippen molar-refractivity contribution in [2.24, 2.45) is 0 Å². The van der Waals surface area contributed by atoms with Crippen molar-refractivity contribution in [3.05, 3.63) is 4.47 Å². The van der Waals surface area contributed by atoms with Gasteiger partial charge in [-0.15, -0.1) is 0 Å². The minimum atomic E-state index is 0.535. The highest BCUT2D eigenvalue weighted by Crippen LogP contribution is 2.24. The average Bonchev–Trinajstić information content (AvgIpc) is 2.53. The first-order valence-corrected chi connectivity index (χ1v) is 5.68. The molecule has 0 N–H and O–H groups in total. The predicted octanol–water partition coefficient (Wildman–Crippen LogP) is 2.57. The second kappa shape index (κ2) is 3.80. The molecular weight excluding hydrogens is 206 g/mol. The Balaban J connectivity index is 2.14. The largest absolute Gasteiger partial charge is 0.337 e. The quantitative estimate of drug-likeness (QED) is 0.724. The summed E-state index contributed by atoms with van der Waals surface area (Å²) in [5.74, 6) is 0.808. The fourth-order valence-corrected chi connectivity index (χ4v) is 2.31. The molecule has 0 spiro atoms. The molecule has 1 aliphatic rings. The monoisotopic (exact) mass is 217 g/mol. The molecule has 0 amide bonds. The molecule has 0 aliphatic carbocycles. The fourth-order valence-electron chi connectivity index (χ4n) is 1.71. The van der Waals surface area contributed by atoms with Crippen molar-refractivity contribution in [1.29, 1.82) is 0 Å². The van der Waals surface area contributed by atoms with Crippen LogP contribution < -0.4 is 4.90 Å². The van der Waals surface area contributed by atoms with Crippen LogP contribution in [0.15, 0.2) is 0 Å². The molecule has 0 bridgehead atoms. The molecule has 0 unspecified atom stereocenters. The summed E-state index contributed by atoms with van der Waals surface area (Å²) in [6.07, 6.45) is 3.79. The summed E-state index contributed by atoms with van der Waals surface area (Å²) in [6, 6.07) is 0.555. The SMILES string of the molecule is C[C@H]1CCCCN1c1nsc(Cl)n1. The lowest BCUT2D eigenvalue weighted by molar-refractivity contribution is 0.478. The van der Waals surface area contributed by atoms with Gasteiger partial charge in [-0.25, -0.2) is 0 Å². The standard InChI is InChI=1S/C8H12ClN3S/c1-6-4-2-3-5-12(6)8-10-7(9)13-11-8/h6H,2-5H2,1H3/t6-/m0/s1. The maximum absolute atomic E-state index is 5.75. The molecule has 1 aromatic heterocycles. The van der Waals surface area contributed by atoms with Crippen molar-refractivity contribution in [2.75, 3.05) is 11.4 Å². The van der Waals surface area contributed by atoms with Crippen molar-refractivity contribution in [3.8, 4) is 0 Å². The first-order valence-electron chi connectivity index (χ1n) is 4.53. The second-order valence-electron chi connectivity index (χ2n) is 3.39. The number of nitrogens with zero attached hydrogens (tertiary/aromatic N) is 3. The van der Waals surface area contributed by atoms with Gasteiger partial charge in [-0.05, 0) is 37.8 Å². The van der Waals surface area contributed by atoms with Gasteiger partial charge in [-0.1, -0.05) is 0 Å². The number of rotatable bonds is 1. The van der Waals surface area contributed by atoms with Crippen LogP contribution in [0.4, 0.5) is 5.95 Å². The normalized spacial score (nSPS) is 23.5. The molecule has 0 radical (unpaired) electrons. The first-order chi connectivity index (χ1) is 6.27. The summed E-state index contributed by atoms with van der Waals surface area (Å²) in [7, 11) is 0. The van der Waals surface area contributed by atoms with E-state index in [1.807, 2.05) is 0 Å². The van der Waals surface area contributed by atoms with Gasteiger partial charge in [0.25, 0.3) is 0 Å². The number of piperidine rings is 1. The molecule has 1 fully saturated rings. The fraction of sp³-hybridized carbons (Fsp3) is 0.750. The zero-order valence-electron chi connectivity index (χ0n) is 7.53. The van der Waals surface area contributed by atoms with E-state index < -0.39 is 0 Å². The Morgan fingerprint density at radius 1 is 1.54 bits per heavy atom. The molecule has 2 rings (SSSR count). The Bertz CT molecular complexity index is 289. The molecule has 3 nitrogen and oxygen atoms in total. The van der Waals surface area contributed by atoms with Crippen LogP contribution in [0.5, 0.6) is 0 Å². The van der Waals surface area contributed by atoms with Gasteiger partial charge >= 0.3 is 0 Å². The van der Waals surface area contributed by atoms with E-state index in [1.54, 1.807) is 0 Å². The number of hydrogen-bond donors (Lipinski definition) is 0. The van der Waals surface area contributed by atoms with E-state index in [1.165, 1.54) is 30.8 Å². The minimum absolute atomic E-state index is 0.535.